The molecule has 2 heterocycles. The normalized spacial score (nSPS) is 13.8. The molecule has 0 amide bonds. The fraction of sp³-hybridized carbons (Fsp3) is 0. The van der Waals surface area contributed by atoms with Crippen molar-refractivity contribution in [1.29, 1.82) is 0 Å². The molecule has 3 nitrogen and oxygen atoms in total. The highest BCUT2D eigenvalue weighted by Gasteiger charge is 2.01. The summed E-state index contributed by atoms with van der Waals surface area (Å²) in [4.78, 5) is 7.65. The average Bonchev–Trinajstić information content (AvgIpc) is 2.85. The molecule has 1 aromatic carbocycles. The Morgan fingerprint density at radius 3 is 3.06 bits per heavy atom. The molecule has 0 radical (unpaired) electrons. The van der Waals surface area contributed by atoms with Crippen LogP contribution in [0, 0.1) is 3.95 Å². The van der Waals surface area contributed by atoms with Gasteiger partial charge in [0.25, 0.3) is 0 Å². The van der Waals surface area contributed by atoms with E-state index >= 15 is 0 Å². The third-order valence-corrected chi connectivity index (χ3v) is 3.64. The van der Waals surface area contributed by atoms with Crippen LogP contribution in [0.15, 0.2) is 29.4 Å². The van der Waals surface area contributed by atoms with Crippen LogP contribution >= 0.6 is 23.6 Å². The molecule has 0 unspecified atom stereocenters. The summed E-state index contributed by atoms with van der Waals surface area (Å²) >= 11 is 6.33. The first-order valence-electron chi connectivity index (χ1n) is 5.01. The van der Waals surface area contributed by atoms with Gasteiger partial charge in [-0.25, -0.2) is 0 Å². The molecule has 17 heavy (non-hydrogen) atoms. The fourth-order valence-corrected chi connectivity index (χ4v) is 2.75. The number of aromatic amines is 1. The van der Waals surface area contributed by atoms with Crippen LogP contribution in [0.2, 0.25) is 0 Å². The quantitative estimate of drug-likeness (QED) is 0.770. The number of hydrogen-bond acceptors (Lipinski definition) is 4. The number of rotatable bonds is 1. The molecule has 5 heteroatoms. The van der Waals surface area contributed by atoms with Gasteiger partial charge in [0.15, 0.2) is 3.95 Å². The minimum Gasteiger partial charge on any atom is -0.494 e. The van der Waals surface area contributed by atoms with Crippen molar-refractivity contribution < 1.29 is 5.11 Å². The lowest BCUT2D eigenvalue weighted by Crippen LogP contribution is -2.09. The van der Waals surface area contributed by atoms with Gasteiger partial charge in [-0.3, -0.25) is 4.99 Å². The van der Waals surface area contributed by atoms with Crippen LogP contribution in [0.5, 0.6) is 5.88 Å². The number of fused-ring (bicyclic) bond motifs is 1. The third kappa shape index (κ3) is 1.94. The van der Waals surface area contributed by atoms with Crippen LogP contribution in [0.3, 0.4) is 0 Å². The topological polar surface area (TPSA) is 48.4 Å². The second-order valence-corrected chi connectivity index (χ2v) is 5.35. The Morgan fingerprint density at radius 2 is 2.29 bits per heavy atom. The van der Waals surface area contributed by atoms with Crippen LogP contribution in [0.4, 0.5) is 0 Å². The van der Waals surface area contributed by atoms with E-state index in [1.165, 1.54) is 11.3 Å². The van der Waals surface area contributed by atoms with E-state index in [9.17, 15) is 5.11 Å². The van der Waals surface area contributed by atoms with Crippen molar-refractivity contribution in [3.8, 4) is 5.88 Å². The number of nitrogens with one attached hydrogen (secondary N) is 1. The molecule has 3 rings (SSSR count). The molecule has 84 valence electrons. The number of hydrogen-bond donors (Lipinski definition) is 2. The molecule has 1 aliphatic heterocycles. The number of aromatic nitrogens is 1. The SMILES string of the molecule is Oc1[nH]c(=S)sc1/C=c1\ccc2c(c1)C=CN=2. The van der Waals surface area contributed by atoms with Gasteiger partial charge in [-0.05, 0) is 41.7 Å². The van der Waals surface area contributed by atoms with E-state index in [1.807, 2.05) is 30.4 Å². The van der Waals surface area contributed by atoms with E-state index in [4.69, 9.17) is 12.2 Å². The van der Waals surface area contributed by atoms with Crippen molar-refractivity contribution in [2.24, 2.45) is 4.99 Å². The molecule has 0 atom stereocenters. The van der Waals surface area contributed by atoms with Crippen LogP contribution in [0.1, 0.15) is 10.4 Å². The minimum atomic E-state index is 0.126. The zero-order valence-electron chi connectivity index (χ0n) is 8.68. The monoisotopic (exact) mass is 260 g/mol. The van der Waals surface area contributed by atoms with Crippen molar-refractivity contribution in [3.05, 3.63) is 49.4 Å². The van der Waals surface area contributed by atoms with Gasteiger partial charge < -0.3 is 10.1 Å². The highest BCUT2D eigenvalue weighted by molar-refractivity contribution is 7.73. The number of thiazole rings is 1. The summed E-state index contributed by atoms with van der Waals surface area (Å²) < 4.78 is 0.574. The van der Waals surface area contributed by atoms with E-state index in [0.717, 1.165) is 21.0 Å². The largest absolute Gasteiger partial charge is 0.494 e. The second-order valence-electron chi connectivity index (χ2n) is 3.63. The van der Waals surface area contributed by atoms with Gasteiger partial charge in [0.1, 0.15) is 0 Å². The van der Waals surface area contributed by atoms with Gasteiger partial charge >= 0.3 is 0 Å². The van der Waals surface area contributed by atoms with Gasteiger partial charge in [-0.2, -0.15) is 0 Å². The summed E-state index contributed by atoms with van der Waals surface area (Å²) in [6.07, 6.45) is 5.65. The van der Waals surface area contributed by atoms with E-state index in [1.54, 1.807) is 6.20 Å². The Balaban J connectivity index is 2.17. The highest BCUT2D eigenvalue weighted by Crippen LogP contribution is 2.21. The molecule has 0 saturated carbocycles. The van der Waals surface area contributed by atoms with Crippen molar-refractivity contribution >= 4 is 35.7 Å². The average molecular weight is 260 g/mol. The van der Waals surface area contributed by atoms with Crippen molar-refractivity contribution in [2.45, 2.75) is 0 Å². The maximum atomic E-state index is 9.61. The number of H-pyrrole nitrogens is 1. The van der Waals surface area contributed by atoms with Crippen LogP contribution in [0.25, 0.3) is 12.2 Å². The highest BCUT2D eigenvalue weighted by atomic mass is 32.1. The molecule has 1 aromatic heterocycles. The Bertz CT molecular complexity index is 784. The molecule has 2 aromatic rings. The first kappa shape index (κ1) is 10.4. The summed E-state index contributed by atoms with van der Waals surface area (Å²) in [5.74, 6) is 0.126. The first-order valence-corrected chi connectivity index (χ1v) is 6.23. The van der Waals surface area contributed by atoms with Crippen molar-refractivity contribution in [2.75, 3.05) is 0 Å². The van der Waals surface area contributed by atoms with Gasteiger partial charge in [-0.15, -0.1) is 11.3 Å². The summed E-state index contributed by atoms with van der Waals surface area (Å²) in [6.45, 7) is 0. The van der Waals surface area contributed by atoms with E-state index in [2.05, 4.69) is 9.98 Å². The van der Waals surface area contributed by atoms with E-state index < -0.39 is 0 Å². The van der Waals surface area contributed by atoms with Crippen LogP contribution < -0.4 is 10.6 Å². The second kappa shape index (κ2) is 3.94. The minimum absolute atomic E-state index is 0.126. The molecule has 0 fully saturated rings. The van der Waals surface area contributed by atoms with Crippen molar-refractivity contribution in [3.63, 3.8) is 0 Å². The van der Waals surface area contributed by atoms with Gasteiger partial charge in [-0.1, -0.05) is 6.07 Å². The standard InChI is InChI=1S/C12H8N2OS2/c15-11-10(17-12(16)14-11)6-7-1-2-9-8(5-7)3-4-13-9/h1-6,15H,(H,14,16)/b7-6+. The third-order valence-electron chi connectivity index (χ3n) is 2.47. The maximum Gasteiger partial charge on any atom is 0.207 e. The smallest absolute Gasteiger partial charge is 0.207 e. The lowest BCUT2D eigenvalue weighted by molar-refractivity contribution is 0.456. The van der Waals surface area contributed by atoms with E-state index in [-0.39, 0.29) is 5.88 Å². The predicted molar refractivity (Wildman–Crippen MR) is 71.0 cm³/mol. The molecule has 1 aliphatic rings. The molecule has 0 spiro atoms. The Hall–Kier alpha value is -1.72. The predicted octanol–water partition coefficient (Wildman–Crippen LogP) is 1.94. The Morgan fingerprint density at radius 1 is 1.41 bits per heavy atom. The summed E-state index contributed by atoms with van der Waals surface area (Å²) in [7, 11) is 0. The van der Waals surface area contributed by atoms with Crippen molar-refractivity contribution in [1.82, 2.24) is 4.98 Å². The lowest BCUT2D eigenvalue weighted by atomic mass is 10.2. The van der Waals surface area contributed by atoms with Gasteiger partial charge in [0, 0.05) is 11.8 Å². The molecule has 2 N–H and O–H groups in total. The Kier molecular flexibility index (Phi) is 2.42. The van der Waals surface area contributed by atoms with Crippen LogP contribution in [-0.2, 0) is 0 Å². The molecule has 0 saturated heterocycles. The number of nitrogens with zero attached hydrogens (tertiary/aromatic N) is 1. The zero-order chi connectivity index (χ0) is 11.8. The zero-order valence-corrected chi connectivity index (χ0v) is 10.3. The van der Waals surface area contributed by atoms with Gasteiger partial charge in [0.2, 0.25) is 5.88 Å². The molecule has 0 aliphatic carbocycles. The number of benzene rings is 1. The molecular formula is C12H8N2OS2. The summed E-state index contributed by atoms with van der Waals surface area (Å²) in [5.41, 5.74) is 1.09. The fourth-order valence-electron chi connectivity index (χ4n) is 1.69. The molecule has 0 bridgehead atoms. The number of aromatic hydroxyl groups is 1. The summed E-state index contributed by atoms with van der Waals surface area (Å²) in [5, 5.41) is 11.6. The maximum absolute atomic E-state index is 9.61. The van der Waals surface area contributed by atoms with E-state index in [0.29, 0.717) is 3.95 Å². The lowest BCUT2D eigenvalue weighted by Gasteiger charge is -1.91. The van der Waals surface area contributed by atoms with Gasteiger partial charge in [0.05, 0.1) is 10.2 Å². The first-order chi connectivity index (χ1) is 8.22. The van der Waals surface area contributed by atoms with Crippen LogP contribution in [-0.4, -0.2) is 10.1 Å². The summed E-state index contributed by atoms with van der Waals surface area (Å²) in [6, 6.07) is 5.96. The molecular weight excluding hydrogens is 252 g/mol. The Labute approximate surface area is 106 Å².